The van der Waals surface area contributed by atoms with Gasteiger partial charge in [-0.3, -0.25) is 4.90 Å². The Morgan fingerprint density at radius 2 is 2.05 bits per heavy atom. The van der Waals surface area contributed by atoms with E-state index in [2.05, 4.69) is 22.8 Å². The lowest BCUT2D eigenvalue weighted by atomic mass is 10.0. The van der Waals surface area contributed by atoms with Crippen LogP contribution in [-0.4, -0.2) is 50.3 Å². The molecule has 0 saturated carbocycles. The smallest absolute Gasteiger partial charge is 0.124 e. The molecule has 0 aromatic heterocycles. The van der Waals surface area contributed by atoms with Gasteiger partial charge in [0.25, 0.3) is 0 Å². The van der Waals surface area contributed by atoms with E-state index in [9.17, 15) is 9.65 Å². The highest BCUT2D eigenvalue weighted by atomic mass is 19.1. The molecule has 2 heterocycles. The maximum absolute atomic E-state index is 13.3. The second kappa shape index (κ2) is 6.00. The summed E-state index contributed by atoms with van der Waals surface area (Å²) in [6, 6.07) is 7.06. The van der Waals surface area contributed by atoms with Crippen LogP contribution < -0.4 is 4.90 Å². The van der Waals surface area contributed by atoms with Crippen molar-refractivity contribution >= 4 is 5.69 Å². The van der Waals surface area contributed by atoms with E-state index < -0.39 is 0 Å². The molecule has 4 nitrogen and oxygen atoms in total. The summed E-state index contributed by atoms with van der Waals surface area (Å²) < 4.78 is 18.7. The molecule has 0 bridgehead atoms. The summed E-state index contributed by atoms with van der Waals surface area (Å²) in [7, 11) is 0. The molecule has 21 heavy (non-hydrogen) atoms. The third-order valence-corrected chi connectivity index (χ3v) is 4.51. The summed E-state index contributed by atoms with van der Waals surface area (Å²) in [6.07, 6.45) is 0. The predicted octanol–water partition coefficient (Wildman–Crippen LogP) is 1.85. The molecule has 0 aliphatic carbocycles. The Morgan fingerprint density at radius 1 is 1.29 bits per heavy atom. The molecule has 2 saturated heterocycles. The number of anilines is 1. The van der Waals surface area contributed by atoms with Crippen molar-refractivity contribution < 1.29 is 9.13 Å². The fraction of sp³-hybridized carbons (Fsp3) is 0.562. The van der Waals surface area contributed by atoms with E-state index in [0.29, 0.717) is 17.5 Å². The fourth-order valence-electron chi connectivity index (χ4n) is 3.40. The quantitative estimate of drug-likeness (QED) is 0.833. The maximum Gasteiger partial charge on any atom is 0.124 e. The predicted molar refractivity (Wildman–Crippen MR) is 78.7 cm³/mol. The molecule has 5 heteroatoms. The molecule has 2 aliphatic heterocycles. The Labute approximate surface area is 124 Å². The van der Waals surface area contributed by atoms with E-state index in [1.807, 2.05) is 0 Å². The van der Waals surface area contributed by atoms with Crippen molar-refractivity contribution in [3.05, 3.63) is 29.6 Å². The number of hydrogen-bond donors (Lipinski definition) is 0. The molecule has 0 radical (unpaired) electrons. The minimum atomic E-state index is -0.354. The van der Waals surface area contributed by atoms with Crippen molar-refractivity contribution in [2.45, 2.75) is 13.0 Å². The van der Waals surface area contributed by atoms with Crippen LogP contribution in [0, 0.1) is 23.1 Å². The van der Waals surface area contributed by atoms with Crippen molar-refractivity contribution in [2.24, 2.45) is 5.92 Å². The Morgan fingerprint density at radius 3 is 2.76 bits per heavy atom. The molecular weight excluding hydrogens is 269 g/mol. The second-order valence-electron chi connectivity index (χ2n) is 5.87. The van der Waals surface area contributed by atoms with Crippen molar-refractivity contribution in [3.63, 3.8) is 0 Å². The number of nitriles is 1. The third-order valence-electron chi connectivity index (χ3n) is 4.51. The molecule has 0 amide bonds. The average molecular weight is 289 g/mol. The van der Waals surface area contributed by atoms with Crippen molar-refractivity contribution in [1.29, 1.82) is 5.26 Å². The molecule has 0 spiro atoms. The van der Waals surface area contributed by atoms with E-state index in [1.165, 1.54) is 12.1 Å². The first-order chi connectivity index (χ1) is 10.2. The minimum Gasteiger partial charge on any atom is -0.379 e. The zero-order valence-corrected chi connectivity index (χ0v) is 12.3. The van der Waals surface area contributed by atoms with Gasteiger partial charge in [-0.2, -0.15) is 5.26 Å². The summed E-state index contributed by atoms with van der Waals surface area (Å²) in [5.74, 6) is 0.173. The lowest BCUT2D eigenvalue weighted by molar-refractivity contribution is 0.0134. The first kappa shape index (κ1) is 14.3. The lowest BCUT2D eigenvalue weighted by Gasteiger charge is -2.34. The number of rotatable bonds is 2. The molecule has 1 aromatic carbocycles. The number of ether oxygens (including phenoxy) is 1. The van der Waals surface area contributed by atoms with Crippen molar-refractivity contribution in [1.82, 2.24) is 4.90 Å². The van der Waals surface area contributed by atoms with Crippen molar-refractivity contribution in [3.8, 4) is 6.07 Å². The van der Waals surface area contributed by atoms with Gasteiger partial charge in [-0.05, 0) is 24.1 Å². The highest BCUT2D eigenvalue weighted by Gasteiger charge is 2.35. The number of benzene rings is 1. The molecular formula is C16H20FN3O. The van der Waals surface area contributed by atoms with Crippen LogP contribution in [0.15, 0.2) is 18.2 Å². The Kier molecular flexibility index (Phi) is 4.09. The Hall–Kier alpha value is -1.64. The molecule has 2 atom stereocenters. The largest absolute Gasteiger partial charge is 0.379 e. The monoisotopic (exact) mass is 289 g/mol. The summed E-state index contributed by atoms with van der Waals surface area (Å²) in [6.45, 7) is 7.57. The van der Waals surface area contributed by atoms with Crippen LogP contribution in [0.2, 0.25) is 0 Å². The van der Waals surface area contributed by atoms with Gasteiger partial charge in [0.15, 0.2) is 0 Å². The van der Waals surface area contributed by atoms with E-state index in [0.717, 1.165) is 45.1 Å². The van der Waals surface area contributed by atoms with Gasteiger partial charge in [-0.15, -0.1) is 0 Å². The van der Waals surface area contributed by atoms with Crippen LogP contribution >= 0.6 is 0 Å². The standard InChI is InChI=1S/C16H20FN3O/c1-12-10-20(11-16(12)19-4-6-21-7-5-19)15-3-2-14(17)8-13(15)9-18/h2-3,8,12,16H,4-7,10-11H2,1H3/t12-,16+/m0/s1. The first-order valence-corrected chi connectivity index (χ1v) is 7.45. The number of hydrogen-bond acceptors (Lipinski definition) is 4. The van der Waals surface area contributed by atoms with Gasteiger partial charge in [0, 0.05) is 32.2 Å². The van der Waals surface area contributed by atoms with E-state index in [4.69, 9.17) is 4.74 Å². The molecule has 2 fully saturated rings. The summed E-state index contributed by atoms with van der Waals surface area (Å²) >= 11 is 0. The summed E-state index contributed by atoms with van der Waals surface area (Å²) in [5, 5.41) is 9.21. The summed E-state index contributed by atoms with van der Waals surface area (Å²) in [5.41, 5.74) is 1.27. The van der Waals surface area contributed by atoms with Crippen LogP contribution in [0.3, 0.4) is 0 Å². The topological polar surface area (TPSA) is 39.5 Å². The molecule has 3 rings (SSSR count). The SMILES string of the molecule is C[C@H]1CN(c2ccc(F)cc2C#N)C[C@H]1N1CCOCC1. The van der Waals surface area contributed by atoms with Gasteiger partial charge in [0.1, 0.15) is 11.9 Å². The first-order valence-electron chi connectivity index (χ1n) is 7.45. The van der Waals surface area contributed by atoms with Crippen LogP contribution in [0.4, 0.5) is 10.1 Å². The van der Waals surface area contributed by atoms with Gasteiger partial charge in [-0.1, -0.05) is 6.92 Å². The average Bonchev–Trinajstić information content (AvgIpc) is 2.89. The lowest BCUT2D eigenvalue weighted by Crippen LogP contribution is -2.46. The van der Waals surface area contributed by atoms with Crippen LogP contribution in [0.1, 0.15) is 12.5 Å². The molecule has 112 valence electrons. The molecule has 0 unspecified atom stereocenters. The second-order valence-corrected chi connectivity index (χ2v) is 5.87. The van der Waals surface area contributed by atoms with Crippen LogP contribution in [0.25, 0.3) is 0 Å². The highest BCUT2D eigenvalue weighted by Crippen LogP contribution is 2.30. The Bertz CT molecular complexity index is 551. The normalized spacial score (nSPS) is 26.8. The van der Waals surface area contributed by atoms with Gasteiger partial charge in [-0.25, -0.2) is 4.39 Å². The maximum atomic E-state index is 13.3. The van der Waals surface area contributed by atoms with Crippen LogP contribution in [0.5, 0.6) is 0 Å². The van der Waals surface area contributed by atoms with E-state index >= 15 is 0 Å². The number of halogens is 1. The Balaban J connectivity index is 1.78. The van der Waals surface area contributed by atoms with E-state index in [-0.39, 0.29) is 5.82 Å². The van der Waals surface area contributed by atoms with Crippen molar-refractivity contribution in [2.75, 3.05) is 44.3 Å². The van der Waals surface area contributed by atoms with Gasteiger partial charge in [0.05, 0.1) is 24.5 Å². The van der Waals surface area contributed by atoms with Gasteiger partial charge < -0.3 is 9.64 Å². The molecule has 0 N–H and O–H groups in total. The third kappa shape index (κ3) is 2.87. The van der Waals surface area contributed by atoms with Crippen LogP contribution in [-0.2, 0) is 4.74 Å². The number of nitrogens with zero attached hydrogens (tertiary/aromatic N) is 3. The summed E-state index contributed by atoms with van der Waals surface area (Å²) in [4.78, 5) is 4.69. The van der Waals surface area contributed by atoms with Gasteiger partial charge >= 0.3 is 0 Å². The zero-order valence-electron chi connectivity index (χ0n) is 12.3. The van der Waals surface area contributed by atoms with Gasteiger partial charge in [0.2, 0.25) is 0 Å². The zero-order chi connectivity index (χ0) is 14.8. The molecule has 1 aromatic rings. The fourth-order valence-corrected chi connectivity index (χ4v) is 3.40. The highest BCUT2D eigenvalue weighted by molar-refractivity contribution is 5.60. The molecule has 2 aliphatic rings. The number of morpholine rings is 1. The van der Waals surface area contributed by atoms with E-state index in [1.54, 1.807) is 6.07 Å². The minimum absolute atomic E-state index is 0.354.